The Kier molecular flexibility index (Phi) is 6.32. The first-order valence-corrected chi connectivity index (χ1v) is 6.44. The maximum absolute atomic E-state index is 11.9. The smallest absolute Gasteiger partial charge is 0.251 e. The molecule has 0 spiro atoms. The molecule has 106 valence electrons. The van der Waals surface area contributed by atoms with Crippen LogP contribution in [-0.4, -0.2) is 41.9 Å². The van der Waals surface area contributed by atoms with Crippen LogP contribution in [0.5, 0.6) is 0 Å². The Balaban J connectivity index is 2.58. The van der Waals surface area contributed by atoms with E-state index in [2.05, 4.69) is 10.6 Å². The van der Waals surface area contributed by atoms with Gasteiger partial charge in [0.05, 0.1) is 12.7 Å². The highest BCUT2D eigenvalue weighted by atomic mass is 16.3. The molecule has 1 unspecified atom stereocenters. The molecular formula is C14H22N2O3. The van der Waals surface area contributed by atoms with Crippen LogP contribution in [-0.2, 0) is 0 Å². The summed E-state index contributed by atoms with van der Waals surface area (Å²) >= 11 is 0. The van der Waals surface area contributed by atoms with Crippen LogP contribution in [0.25, 0.3) is 0 Å². The fourth-order valence-electron chi connectivity index (χ4n) is 1.47. The van der Waals surface area contributed by atoms with Gasteiger partial charge in [-0.05, 0) is 24.1 Å². The molecule has 1 atom stereocenters. The third-order valence-electron chi connectivity index (χ3n) is 2.55. The number of carbonyl (C=O) groups excluding carboxylic acids is 1. The summed E-state index contributed by atoms with van der Waals surface area (Å²) in [6.07, 6.45) is -0.807. The average molecular weight is 266 g/mol. The third-order valence-corrected chi connectivity index (χ3v) is 2.55. The molecule has 1 rings (SSSR count). The van der Waals surface area contributed by atoms with Crippen molar-refractivity contribution >= 4 is 11.6 Å². The number of amides is 1. The summed E-state index contributed by atoms with van der Waals surface area (Å²) in [6, 6.07) is 7.05. The number of benzene rings is 1. The van der Waals surface area contributed by atoms with Crippen LogP contribution in [0.3, 0.4) is 0 Å². The molecule has 0 heterocycles. The molecule has 0 saturated heterocycles. The zero-order valence-electron chi connectivity index (χ0n) is 11.4. The van der Waals surface area contributed by atoms with Crippen LogP contribution < -0.4 is 10.6 Å². The molecule has 0 bridgehead atoms. The van der Waals surface area contributed by atoms with E-state index < -0.39 is 6.10 Å². The van der Waals surface area contributed by atoms with Gasteiger partial charge in [-0.3, -0.25) is 4.79 Å². The summed E-state index contributed by atoms with van der Waals surface area (Å²) in [5, 5.41) is 23.8. The van der Waals surface area contributed by atoms with E-state index in [-0.39, 0.29) is 19.1 Å². The van der Waals surface area contributed by atoms with Crippen LogP contribution in [0.15, 0.2) is 24.3 Å². The number of nitrogens with one attached hydrogen (secondary N) is 2. The van der Waals surface area contributed by atoms with Crippen molar-refractivity contribution in [2.45, 2.75) is 20.0 Å². The standard InChI is InChI=1S/C14H22N2O3/c1-10(2)7-16-14(19)11-4-3-5-12(6-11)15-8-13(18)9-17/h3-6,10,13,15,17-18H,7-9H2,1-2H3,(H,16,19). The van der Waals surface area contributed by atoms with Crippen molar-refractivity contribution in [3.63, 3.8) is 0 Å². The van der Waals surface area contributed by atoms with Gasteiger partial charge in [-0.15, -0.1) is 0 Å². The van der Waals surface area contributed by atoms with Gasteiger partial charge < -0.3 is 20.8 Å². The lowest BCUT2D eigenvalue weighted by Gasteiger charge is -2.12. The van der Waals surface area contributed by atoms with E-state index in [9.17, 15) is 9.90 Å². The maximum Gasteiger partial charge on any atom is 0.251 e. The first kappa shape index (κ1) is 15.5. The highest BCUT2D eigenvalue weighted by molar-refractivity contribution is 5.95. The number of rotatable bonds is 7. The predicted octanol–water partition coefficient (Wildman–Crippen LogP) is 0.837. The quantitative estimate of drug-likeness (QED) is 0.589. The molecule has 0 aromatic heterocycles. The summed E-state index contributed by atoms with van der Waals surface area (Å²) in [7, 11) is 0. The number of anilines is 1. The molecule has 1 amide bonds. The fraction of sp³-hybridized carbons (Fsp3) is 0.500. The Labute approximate surface area is 113 Å². The average Bonchev–Trinajstić information content (AvgIpc) is 2.42. The maximum atomic E-state index is 11.9. The summed E-state index contributed by atoms with van der Waals surface area (Å²) < 4.78 is 0. The van der Waals surface area contributed by atoms with E-state index in [0.717, 1.165) is 5.69 Å². The molecule has 0 aliphatic carbocycles. The number of aliphatic hydroxyl groups is 2. The molecule has 0 radical (unpaired) electrons. The van der Waals surface area contributed by atoms with Gasteiger partial charge in [0.15, 0.2) is 0 Å². The monoisotopic (exact) mass is 266 g/mol. The second kappa shape index (κ2) is 7.76. The minimum atomic E-state index is -0.807. The van der Waals surface area contributed by atoms with Gasteiger partial charge in [-0.25, -0.2) is 0 Å². The Bertz CT molecular complexity index is 407. The van der Waals surface area contributed by atoms with Crippen LogP contribution >= 0.6 is 0 Å². The van der Waals surface area contributed by atoms with Gasteiger partial charge in [0.1, 0.15) is 0 Å². The summed E-state index contributed by atoms with van der Waals surface area (Å²) in [4.78, 5) is 11.9. The molecule has 19 heavy (non-hydrogen) atoms. The minimum Gasteiger partial charge on any atom is -0.394 e. The van der Waals surface area contributed by atoms with E-state index in [4.69, 9.17) is 5.11 Å². The van der Waals surface area contributed by atoms with Crippen LogP contribution in [0.4, 0.5) is 5.69 Å². The van der Waals surface area contributed by atoms with Gasteiger partial charge in [-0.1, -0.05) is 19.9 Å². The van der Waals surface area contributed by atoms with Crippen molar-refractivity contribution in [1.82, 2.24) is 5.32 Å². The van der Waals surface area contributed by atoms with E-state index in [1.165, 1.54) is 0 Å². The van der Waals surface area contributed by atoms with Gasteiger partial charge in [0, 0.05) is 24.3 Å². The van der Waals surface area contributed by atoms with Gasteiger partial charge in [0.25, 0.3) is 5.91 Å². The van der Waals surface area contributed by atoms with Crippen LogP contribution in [0.1, 0.15) is 24.2 Å². The zero-order chi connectivity index (χ0) is 14.3. The van der Waals surface area contributed by atoms with Crippen LogP contribution in [0, 0.1) is 5.92 Å². The van der Waals surface area contributed by atoms with Crippen LogP contribution in [0.2, 0.25) is 0 Å². The first-order valence-electron chi connectivity index (χ1n) is 6.44. The van der Waals surface area contributed by atoms with Crippen molar-refractivity contribution in [3.05, 3.63) is 29.8 Å². The molecule has 0 aliphatic rings. The van der Waals surface area contributed by atoms with Crippen molar-refractivity contribution in [3.8, 4) is 0 Å². The third kappa shape index (κ3) is 5.72. The molecule has 1 aromatic rings. The molecule has 0 saturated carbocycles. The van der Waals surface area contributed by atoms with Gasteiger partial charge >= 0.3 is 0 Å². The lowest BCUT2D eigenvalue weighted by Crippen LogP contribution is -2.27. The second-order valence-electron chi connectivity index (χ2n) is 4.90. The Hall–Kier alpha value is -1.59. The Morgan fingerprint density at radius 3 is 2.68 bits per heavy atom. The van der Waals surface area contributed by atoms with Crippen molar-refractivity contribution < 1.29 is 15.0 Å². The lowest BCUT2D eigenvalue weighted by molar-refractivity contribution is 0.0949. The van der Waals surface area contributed by atoms with Gasteiger partial charge in [0.2, 0.25) is 0 Å². The van der Waals surface area contributed by atoms with E-state index in [1.54, 1.807) is 18.2 Å². The highest BCUT2D eigenvalue weighted by Gasteiger charge is 2.07. The van der Waals surface area contributed by atoms with E-state index in [0.29, 0.717) is 18.0 Å². The molecule has 1 aromatic carbocycles. The number of aliphatic hydroxyl groups excluding tert-OH is 2. The summed E-state index contributed by atoms with van der Waals surface area (Å²) in [5.74, 6) is 0.296. The normalized spacial score (nSPS) is 12.3. The summed E-state index contributed by atoms with van der Waals surface area (Å²) in [6.45, 7) is 4.66. The first-order chi connectivity index (χ1) is 9.02. The Morgan fingerprint density at radius 1 is 1.32 bits per heavy atom. The highest BCUT2D eigenvalue weighted by Crippen LogP contribution is 2.10. The number of carbonyl (C=O) groups is 1. The molecule has 0 fully saturated rings. The van der Waals surface area contributed by atoms with Gasteiger partial charge in [-0.2, -0.15) is 0 Å². The minimum absolute atomic E-state index is 0.111. The fourth-order valence-corrected chi connectivity index (χ4v) is 1.47. The lowest BCUT2D eigenvalue weighted by atomic mass is 10.1. The zero-order valence-corrected chi connectivity index (χ0v) is 11.4. The van der Waals surface area contributed by atoms with Crippen molar-refractivity contribution in [2.75, 3.05) is 25.0 Å². The van der Waals surface area contributed by atoms with Crippen molar-refractivity contribution in [2.24, 2.45) is 5.92 Å². The summed E-state index contributed by atoms with van der Waals surface area (Å²) in [5.41, 5.74) is 1.31. The van der Waals surface area contributed by atoms with Crippen molar-refractivity contribution in [1.29, 1.82) is 0 Å². The molecule has 5 heteroatoms. The molecule has 4 N–H and O–H groups in total. The largest absolute Gasteiger partial charge is 0.394 e. The molecular weight excluding hydrogens is 244 g/mol. The topological polar surface area (TPSA) is 81.6 Å². The molecule has 0 aliphatic heterocycles. The molecule has 5 nitrogen and oxygen atoms in total. The number of hydrogen-bond donors (Lipinski definition) is 4. The second-order valence-corrected chi connectivity index (χ2v) is 4.90. The predicted molar refractivity (Wildman–Crippen MR) is 75.2 cm³/mol. The number of hydrogen-bond acceptors (Lipinski definition) is 4. The van der Waals surface area contributed by atoms with E-state index in [1.807, 2.05) is 19.9 Å². The van der Waals surface area contributed by atoms with E-state index >= 15 is 0 Å². The Morgan fingerprint density at radius 2 is 2.05 bits per heavy atom. The SMILES string of the molecule is CC(C)CNC(=O)c1cccc(NCC(O)CO)c1.